The van der Waals surface area contributed by atoms with Crippen molar-refractivity contribution < 1.29 is 19.1 Å². The lowest BCUT2D eigenvalue weighted by Gasteiger charge is -2.32. The van der Waals surface area contributed by atoms with Crippen molar-refractivity contribution in [1.29, 1.82) is 0 Å². The zero-order valence-corrected chi connectivity index (χ0v) is 49.2. The number of piperidine rings is 2. The molecule has 0 spiro atoms. The molecule has 4 heterocycles. The monoisotopic (exact) mass is 1120 g/mol. The maximum absolute atomic E-state index is 13.1. The SMILES string of the molecule is C/C(=C\c1ccccc1)CN1CCC(Nc2ncc[nH]c2=O)CC1.C/C(=C\c1ccccc1)CN1CCC(Nc2nccn(Cc3ccc(CNC(=O)OC(C)(C)C)cc3)c2=O)CC1.CC(C)(C)OC(=O)NCc1ccc(CCl)cc1. The number of halogens is 1. The first-order valence-electron chi connectivity index (χ1n) is 27.9. The van der Waals surface area contributed by atoms with E-state index in [-0.39, 0.29) is 17.2 Å². The average molecular weight is 1120 g/mol. The molecular formula is C64H83ClN10O6. The molecular weight excluding hydrogens is 1040 g/mol. The molecule has 16 nitrogen and oxygen atoms in total. The number of likely N-dealkylation sites (tertiary alicyclic amines) is 2. The number of anilines is 2. The largest absolute Gasteiger partial charge is 0.444 e. The number of amides is 2. The van der Waals surface area contributed by atoms with Crippen LogP contribution in [0.2, 0.25) is 0 Å². The number of carbonyl (C=O) groups is 2. The molecule has 17 heteroatoms. The van der Waals surface area contributed by atoms with E-state index in [4.69, 9.17) is 21.1 Å². The van der Waals surface area contributed by atoms with Crippen molar-refractivity contribution in [3.63, 3.8) is 0 Å². The van der Waals surface area contributed by atoms with Crippen LogP contribution in [0.1, 0.15) is 114 Å². The van der Waals surface area contributed by atoms with Gasteiger partial charge in [0.05, 0.1) is 6.54 Å². The molecule has 2 aliphatic rings. The average Bonchev–Trinajstić information content (AvgIpc) is 3.43. The van der Waals surface area contributed by atoms with Gasteiger partial charge in [-0.15, -0.1) is 11.6 Å². The maximum atomic E-state index is 13.1. The van der Waals surface area contributed by atoms with Gasteiger partial charge in [-0.3, -0.25) is 19.4 Å². The molecule has 2 saturated heterocycles. The summed E-state index contributed by atoms with van der Waals surface area (Å²) in [4.78, 5) is 64.2. The van der Waals surface area contributed by atoms with E-state index in [9.17, 15) is 19.2 Å². The smallest absolute Gasteiger partial charge is 0.407 e. The van der Waals surface area contributed by atoms with Crippen LogP contribution < -0.4 is 32.4 Å². The number of aromatic amines is 1. The predicted molar refractivity (Wildman–Crippen MR) is 327 cm³/mol. The number of ether oxygens (including phenoxy) is 2. The Morgan fingerprint density at radius 2 is 1.02 bits per heavy atom. The molecule has 2 aromatic heterocycles. The first-order chi connectivity index (χ1) is 38.7. The van der Waals surface area contributed by atoms with Gasteiger partial charge in [-0.1, -0.05) is 132 Å². The molecule has 0 unspecified atom stereocenters. The van der Waals surface area contributed by atoms with E-state index >= 15 is 0 Å². The zero-order chi connectivity index (χ0) is 58.2. The van der Waals surface area contributed by atoms with E-state index in [1.54, 1.807) is 29.4 Å². The highest BCUT2D eigenvalue weighted by atomic mass is 35.5. The highest BCUT2D eigenvalue weighted by Gasteiger charge is 2.23. The normalized spacial score (nSPS) is 14.8. The van der Waals surface area contributed by atoms with Crippen molar-refractivity contribution in [2.75, 3.05) is 49.9 Å². The maximum Gasteiger partial charge on any atom is 0.407 e. The van der Waals surface area contributed by atoms with E-state index in [1.807, 2.05) is 102 Å². The molecule has 2 amide bonds. The van der Waals surface area contributed by atoms with E-state index in [2.05, 4.69) is 121 Å². The molecule has 0 saturated carbocycles. The number of aromatic nitrogens is 4. The number of hydrogen-bond acceptors (Lipinski definition) is 12. The zero-order valence-electron chi connectivity index (χ0n) is 48.5. The van der Waals surface area contributed by atoms with Crippen LogP contribution in [-0.4, -0.2) is 104 Å². The number of rotatable bonds is 17. The summed E-state index contributed by atoms with van der Waals surface area (Å²) in [5.74, 6) is 1.33. The summed E-state index contributed by atoms with van der Waals surface area (Å²) in [5.41, 5.74) is 7.95. The molecule has 2 aliphatic heterocycles. The van der Waals surface area contributed by atoms with Gasteiger partial charge in [0.25, 0.3) is 11.1 Å². The molecule has 0 bridgehead atoms. The number of H-pyrrole nitrogens is 1. The number of alkyl carbamates (subject to hydrolysis) is 2. The number of carbonyl (C=O) groups excluding carboxylic acids is 2. The Hall–Kier alpha value is -7.53. The van der Waals surface area contributed by atoms with Gasteiger partial charge in [0.15, 0.2) is 11.6 Å². The van der Waals surface area contributed by atoms with E-state index in [1.165, 1.54) is 22.3 Å². The Labute approximate surface area is 483 Å². The van der Waals surface area contributed by atoms with Gasteiger partial charge in [-0.05, 0) is 114 Å². The summed E-state index contributed by atoms with van der Waals surface area (Å²) >= 11 is 5.69. The highest BCUT2D eigenvalue weighted by Crippen LogP contribution is 2.19. The van der Waals surface area contributed by atoms with Gasteiger partial charge in [-0.2, -0.15) is 0 Å². The Bertz CT molecular complexity index is 3050. The van der Waals surface area contributed by atoms with Gasteiger partial charge in [0.1, 0.15) is 11.2 Å². The quantitative estimate of drug-likeness (QED) is 0.0545. The van der Waals surface area contributed by atoms with Gasteiger partial charge in [0, 0.05) is 95.1 Å². The highest BCUT2D eigenvalue weighted by molar-refractivity contribution is 6.17. The second-order valence-electron chi connectivity index (χ2n) is 22.6. The predicted octanol–water partition coefficient (Wildman–Crippen LogP) is 11.5. The van der Waals surface area contributed by atoms with Crippen molar-refractivity contribution in [2.45, 2.75) is 130 Å². The number of hydrogen-bond donors (Lipinski definition) is 5. The summed E-state index contributed by atoms with van der Waals surface area (Å²) in [6.07, 6.45) is 14.2. The third-order valence-electron chi connectivity index (χ3n) is 13.1. The van der Waals surface area contributed by atoms with Gasteiger partial charge in [-0.25, -0.2) is 19.6 Å². The van der Waals surface area contributed by atoms with Crippen LogP contribution in [-0.2, 0) is 35.0 Å². The Morgan fingerprint density at radius 3 is 1.46 bits per heavy atom. The van der Waals surface area contributed by atoms with Gasteiger partial charge in [0.2, 0.25) is 0 Å². The standard InChI is InChI=1S/C32H41N5O3.C19H24N4O.C13H18ClNO2/c1-24(20-25-8-6-5-7-9-25)22-36-17-14-28(15-18-36)35-29-30(38)37(19-16-33-29)23-27-12-10-26(11-13-27)21-34-31(39)40-32(2,3)4;1-15(13-16-5-3-2-4-6-16)14-23-11-7-17(8-12-23)22-18-19(24)21-10-9-20-18;1-13(2,3)17-12(16)15-9-11-6-4-10(8-14)5-7-11/h5-13,16,19-20,28H,14-15,17-18,21-23H2,1-4H3,(H,33,35)(H,34,39);2-6,9-10,13,17H,7-8,11-12,14H2,1H3,(H,20,22)(H,21,24);4-7H,8-9H2,1-3H3,(H,15,16)/b24-20+;15-13+;. The Balaban J connectivity index is 0.000000218. The third-order valence-corrected chi connectivity index (χ3v) is 13.4. The minimum atomic E-state index is -0.532. The van der Waals surface area contributed by atoms with Crippen LogP contribution in [0.4, 0.5) is 21.2 Å². The minimum absolute atomic E-state index is 0.123. The summed E-state index contributed by atoms with van der Waals surface area (Å²) in [7, 11) is 0. The molecule has 8 rings (SSSR count). The molecule has 4 aromatic carbocycles. The number of nitrogens with zero attached hydrogens (tertiary/aromatic N) is 5. The van der Waals surface area contributed by atoms with Crippen LogP contribution in [0.3, 0.4) is 0 Å². The first kappa shape index (κ1) is 62.7. The molecule has 0 aliphatic carbocycles. The fourth-order valence-corrected chi connectivity index (χ4v) is 9.31. The number of nitrogens with one attached hydrogen (secondary N) is 5. The number of benzene rings is 4. The second-order valence-corrected chi connectivity index (χ2v) is 22.9. The molecule has 81 heavy (non-hydrogen) atoms. The second kappa shape index (κ2) is 31.5. The van der Waals surface area contributed by atoms with Crippen LogP contribution in [0, 0.1) is 0 Å². The summed E-state index contributed by atoms with van der Waals surface area (Å²) in [6, 6.07) is 37.0. The summed E-state index contributed by atoms with van der Waals surface area (Å²) in [5, 5.41) is 12.1. The van der Waals surface area contributed by atoms with Crippen LogP contribution in [0.15, 0.2) is 155 Å². The number of alkyl halides is 1. The van der Waals surface area contributed by atoms with Gasteiger partial charge < -0.3 is 40.3 Å². The van der Waals surface area contributed by atoms with Gasteiger partial charge >= 0.3 is 12.2 Å². The third kappa shape index (κ3) is 23.6. The minimum Gasteiger partial charge on any atom is -0.444 e. The van der Waals surface area contributed by atoms with Crippen LogP contribution >= 0.6 is 11.6 Å². The fourth-order valence-electron chi connectivity index (χ4n) is 9.13. The topological polar surface area (TPSA) is 188 Å². The Kier molecular flexibility index (Phi) is 24.3. The van der Waals surface area contributed by atoms with Crippen molar-refractivity contribution in [1.82, 2.24) is 40.0 Å². The lowest BCUT2D eigenvalue weighted by molar-refractivity contribution is 0.0512. The van der Waals surface area contributed by atoms with Crippen LogP contribution in [0.25, 0.3) is 12.2 Å². The van der Waals surface area contributed by atoms with Crippen LogP contribution in [0.5, 0.6) is 0 Å². The Morgan fingerprint density at radius 1 is 0.605 bits per heavy atom. The molecule has 0 radical (unpaired) electrons. The molecule has 0 atom stereocenters. The molecule has 6 aromatic rings. The molecule has 5 N–H and O–H groups in total. The van der Waals surface area contributed by atoms with Crippen molar-refractivity contribution >= 4 is 47.6 Å². The summed E-state index contributed by atoms with van der Waals surface area (Å²) < 4.78 is 12.1. The van der Waals surface area contributed by atoms with E-state index in [0.717, 1.165) is 87.2 Å². The first-order valence-corrected chi connectivity index (χ1v) is 28.5. The van der Waals surface area contributed by atoms with Crippen molar-refractivity contribution in [3.8, 4) is 0 Å². The molecule has 2 fully saturated rings. The van der Waals surface area contributed by atoms with E-state index < -0.39 is 23.4 Å². The lowest BCUT2D eigenvalue weighted by Crippen LogP contribution is -2.41. The molecule has 432 valence electrons. The van der Waals surface area contributed by atoms with Crippen molar-refractivity contribution in [3.05, 3.63) is 199 Å². The lowest BCUT2D eigenvalue weighted by atomic mass is 10.0. The summed E-state index contributed by atoms with van der Waals surface area (Å²) in [6.45, 7) is 22.6. The van der Waals surface area contributed by atoms with E-state index in [0.29, 0.717) is 43.2 Å². The van der Waals surface area contributed by atoms with Crippen molar-refractivity contribution in [2.24, 2.45) is 0 Å². The fraction of sp³-hybridized carbons (Fsp3) is 0.406.